The Balaban J connectivity index is 2.88. The smallest absolute Gasteiger partial charge is 0.0163 e. The largest absolute Gasteiger partial charge is 0.329 e. The fraction of sp³-hybridized carbons (Fsp3) is 1.00. The zero-order valence-corrected chi connectivity index (χ0v) is 6.61. The molecule has 0 aromatic rings. The Labute approximate surface area is 62.4 Å². The highest BCUT2D eigenvalue weighted by atomic mass is 32.1. The molecule has 0 amide bonds. The van der Waals surface area contributed by atoms with E-state index in [9.17, 15) is 0 Å². The highest BCUT2D eigenvalue weighted by molar-refractivity contribution is 7.80. The first-order valence-electron chi connectivity index (χ1n) is 3.37. The summed E-state index contributed by atoms with van der Waals surface area (Å²) in [7, 11) is 0. The highest BCUT2D eigenvalue weighted by Crippen LogP contribution is 1.98. The monoisotopic (exact) mass is 148 g/mol. The van der Waals surface area contributed by atoms with Crippen molar-refractivity contribution in [2.24, 2.45) is 11.5 Å². The summed E-state index contributed by atoms with van der Waals surface area (Å²) in [5.74, 6) is 0.956. The summed E-state index contributed by atoms with van der Waals surface area (Å²) < 4.78 is 0. The lowest BCUT2D eigenvalue weighted by Gasteiger charge is -2.05. The van der Waals surface area contributed by atoms with E-state index in [0.717, 1.165) is 25.0 Å². The van der Waals surface area contributed by atoms with Crippen molar-refractivity contribution in [2.75, 3.05) is 12.3 Å². The molecule has 0 fully saturated rings. The summed E-state index contributed by atoms with van der Waals surface area (Å²) in [5, 5.41) is 0. The van der Waals surface area contributed by atoms with Crippen LogP contribution in [-0.4, -0.2) is 18.3 Å². The van der Waals surface area contributed by atoms with Crippen LogP contribution in [0.5, 0.6) is 0 Å². The summed E-state index contributed by atoms with van der Waals surface area (Å²) in [5.41, 5.74) is 10.9. The molecule has 2 nitrogen and oxygen atoms in total. The number of thiol groups is 1. The van der Waals surface area contributed by atoms with E-state index >= 15 is 0 Å². The molecule has 0 aromatic heterocycles. The van der Waals surface area contributed by atoms with Crippen LogP contribution in [0.3, 0.4) is 0 Å². The van der Waals surface area contributed by atoms with Crippen molar-refractivity contribution in [3.8, 4) is 0 Å². The van der Waals surface area contributed by atoms with Crippen molar-refractivity contribution in [2.45, 2.75) is 25.3 Å². The van der Waals surface area contributed by atoms with Gasteiger partial charge in [0.05, 0.1) is 0 Å². The van der Waals surface area contributed by atoms with E-state index in [1.165, 1.54) is 0 Å². The minimum absolute atomic E-state index is 0.199. The van der Waals surface area contributed by atoms with Gasteiger partial charge in [-0.25, -0.2) is 0 Å². The Kier molecular flexibility index (Phi) is 6.58. The second kappa shape index (κ2) is 6.39. The Morgan fingerprint density at radius 2 is 2.00 bits per heavy atom. The molecule has 0 aromatic carbocycles. The van der Waals surface area contributed by atoms with E-state index in [2.05, 4.69) is 12.6 Å². The topological polar surface area (TPSA) is 52.0 Å². The molecule has 9 heavy (non-hydrogen) atoms. The highest BCUT2D eigenvalue weighted by Gasteiger charge is 1.96. The van der Waals surface area contributed by atoms with Crippen LogP contribution in [0.1, 0.15) is 19.3 Å². The van der Waals surface area contributed by atoms with Gasteiger partial charge in [0.1, 0.15) is 0 Å². The van der Waals surface area contributed by atoms with Crippen molar-refractivity contribution < 1.29 is 0 Å². The van der Waals surface area contributed by atoms with E-state index in [-0.39, 0.29) is 6.04 Å². The first-order chi connectivity index (χ1) is 4.31. The molecule has 0 aliphatic carbocycles. The fourth-order valence-electron chi connectivity index (χ4n) is 0.636. The normalized spacial score (nSPS) is 13.7. The Morgan fingerprint density at radius 1 is 1.33 bits per heavy atom. The average Bonchev–Trinajstić information content (AvgIpc) is 1.89. The van der Waals surface area contributed by atoms with Crippen molar-refractivity contribution in [3.63, 3.8) is 0 Å². The minimum Gasteiger partial charge on any atom is -0.329 e. The van der Waals surface area contributed by atoms with E-state index < -0.39 is 0 Å². The van der Waals surface area contributed by atoms with E-state index in [4.69, 9.17) is 11.5 Å². The molecule has 56 valence electrons. The Bertz CT molecular complexity index is 59.0. The SMILES string of the molecule is NC[C@@H](N)CCCCS. The van der Waals surface area contributed by atoms with Gasteiger partial charge in [0, 0.05) is 12.6 Å². The van der Waals surface area contributed by atoms with Gasteiger partial charge in [0.15, 0.2) is 0 Å². The van der Waals surface area contributed by atoms with Gasteiger partial charge in [0.2, 0.25) is 0 Å². The first-order valence-corrected chi connectivity index (χ1v) is 4.01. The lowest BCUT2D eigenvalue weighted by molar-refractivity contribution is 0.586. The summed E-state index contributed by atoms with van der Waals surface area (Å²) in [6.07, 6.45) is 3.34. The van der Waals surface area contributed by atoms with Crippen LogP contribution in [0.15, 0.2) is 0 Å². The van der Waals surface area contributed by atoms with Crippen molar-refractivity contribution in [1.29, 1.82) is 0 Å². The molecule has 0 aliphatic heterocycles. The second-order valence-corrected chi connectivity index (χ2v) is 2.66. The predicted octanol–water partition coefficient (Wildman–Crippen LogP) is 0.372. The molecule has 0 unspecified atom stereocenters. The molecule has 0 rings (SSSR count). The maximum atomic E-state index is 5.56. The third-order valence-electron chi connectivity index (χ3n) is 1.29. The van der Waals surface area contributed by atoms with Crippen LogP contribution in [0.25, 0.3) is 0 Å². The van der Waals surface area contributed by atoms with Crippen LogP contribution >= 0.6 is 12.6 Å². The van der Waals surface area contributed by atoms with Crippen molar-refractivity contribution in [1.82, 2.24) is 0 Å². The number of unbranched alkanes of at least 4 members (excludes halogenated alkanes) is 1. The average molecular weight is 148 g/mol. The van der Waals surface area contributed by atoms with Gasteiger partial charge in [0.25, 0.3) is 0 Å². The van der Waals surface area contributed by atoms with Crippen LogP contribution in [0, 0.1) is 0 Å². The van der Waals surface area contributed by atoms with Crippen LogP contribution in [0.2, 0.25) is 0 Å². The van der Waals surface area contributed by atoms with Gasteiger partial charge in [-0.3, -0.25) is 0 Å². The third-order valence-corrected chi connectivity index (χ3v) is 1.60. The molecule has 4 N–H and O–H groups in total. The quantitative estimate of drug-likeness (QED) is 0.390. The lowest BCUT2D eigenvalue weighted by atomic mass is 10.1. The maximum Gasteiger partial charge on any atom is 0.0163 e. The summed E-state index contributed by atoms with van der Waals surface area (Å²) in [6.45, 7) is 0.604. The number of nitrogens with two attached hydrogens (primary N) is 2. The molecule has 0 spiro atoms. The molecule has 0 saturated heterocycles. The Hall–Kier alpha value is 0.270. The number of rotatable bonds is 5. The van der Waals surface area contributed by atoms with Gasteiger partial charge in [-0.05, 0) is 18.6 Å². The standard InChI is InChI=1S/C6H16N2S/c7-5-6(8)3-1-2-4-9/h6,9H,1-5,7-8H2/t6-/m0/s1. The van der Waals surface area contributed by atoms with Crippen molar-refractivity contribution in [3.05, 3.63) is 0 Å². The van der Waals surface area contributed by atoms with E-state index in [1.807, 2.05) is 0 Å². The molecule has 0 saturated carbocycles. The van der Waals surface area contributed by atoms with Crippen LogP contribution in [0.4, 0.5) is 0 Å². The van der Waals surface area contributed by atoms with Gasteiger partial charge in [-0.15, -0.1) is 0 Å². The molecule has 3 heteroatoms. The maximum absolute atomic E-state index is 5.56. The van der Waals surface area contributed by atoms with Gasteiger partial charge in [-0.2, -0.15) is 12.6 Å². The van der Waals surface area contributed by atoms with Crippen LogP contribution in [-0.2, 0) is 0 Å². The van der Waals surface area contributed by atoms with E-state index in [1.54, 1.807) is 0 Å². The lowest BCUT2D eigenvalue weighted by Crippen LogP contribution is -2.29. The molecule has 0 radical (unpaired) electrons. The predicted molar refractivity (Wildman–Crippen MR) is 44.7 cm³/mol. The molecule has 0 heterocycles. The second-order valence-electron chi connectivity index (χ2n) is 2.22. The summed E-state index contributed by atoms with van der Waals surface area (Å²) in [6, 6.07) is 0.199. The fourth-order valence-corrected chi connectivity index (χ4v) is 0.860. The Morgan fingerprint density at radius 3 is 2.44 bits per heavy atom. The summed E-state index contributed by atoms with van der Waals surface area (Å²) in [4.78, 5) is 0. The number of hydrogen-bond acceptors (Lipinski definition) is 3. The first kappa shape index (κ1) is 9.27. The minimum atomic E-state index is 0.199. The van der Waals surface area contributed by atoms with Crippen LogP contribution < -0.4 is 11.5 Å². The van der Waals surface area contributed by atoms with Gasteiger partial charge >= 0.3 is 0 Å². The molecule has 0 bridgehead atoms. The zero-order valence-electron chi connectivity index (χ0n) is 5.71. The third kappa shape index (κ3) is 6.15. The van der Waals surface area contributed by atoms with Gasteiger partial charge in [-0.1, -0.05) is 6.42 Å². The number of hydrogen-bond donors (Lipinski definition) is 3. The van der Waals surface area contributed by atoms with E-state index in [0.29, 0.717) is 6.54 Å². The summed E-state index contributed by atoms with van der Waals surface area (Å²) >= 11 is 4.08. The molecular weight excluding hydrogens is 132 g/mol. The van der Waals surface area contributed by atoms with Crippen molar-refractivity contribution >= 4 is 12.6 Å². The molecule has 1 atom stereocenters. The zero-order chi connectivity index (χ0) is 7.11. The molecule has 0 aliphatic rings. The van der Waals surface area contributed by atoms with Gasteiger partial charge < -0.3 is 11.5 Å². The molecular formula is C6H16N2S.